The number of hydrogen-bond acceptors (Lipinski definition) is 5. The number of likely N-dealkylation sites (N-methyl/N-ethyl adjacent to an activating group) is 1. The van der Waals surface area contributed by atoms with E-state index in [-0.39, 0.29) is 5.75 Å². The Morgan fingerprint density at radius 2 is 1.52 bits per heavy atom. The third-order valence-corrected chi connectivity index (χ3v) is 3.26. The maximum absolute atomic E-state index is 10.9. The third kappa shape index (κ3) is 8.97. The fraction of sp³-hybridized carbons (Fsp3) is 0.294. The highest BCUT2D eigenvalue weighted by molar-refractivity contribution is 7.86. The van der Waals surface area contributed by atoms with Crippen LogP contribution in [0.25, 0.3) is 0 Å². The quantitative estimate of drug-likeness (QED) is 0.792. The summed E-state index contributed by atoms with van der Waals surface area (Å²) in [4.78, 5) is 0. The zero-order chi connectivity index (χ0) is 17.1. The molecule has 2 rings (SSSR count). The van der Waals surface area contributed by atoms with Crippen molar-refractivity contribution in [2.75, 3.05) is 19.3 Å². The van der Waals surface area contributed by atoms with Gasteiger partial charge in [-0.3, -0.25) is 0 Å². The van der Waals surface area contributed by atoms with E-state index in [1.165, 1.54) is 12.1 Å². The van der Waals surface area contributed by atoms with Crippen LogP contribution in [0.2, 0.25) is 0 Å². The van der Waals surface area contributed by atoms with Crippen LogP contribution in [0.3, 0.4) is 0 Å². The average Bonchev–Trinajstić information content (AvgIpc) is 2.54. The molecule has 5 nitrogen and oxygen atoms in total. The molecule has 0 radical (unpaired) electrons. The molecule has 0 aliphatic heterocycles. The van der Waals surface area contributed by atoms with Crippen LogP contribution in [-0.4, -0.2) is 32.9 Å². The molecule has 0 aliphatic rings. The van der Waals surface area contributed by atoms with Gasteiger partial charge in [-0.2, -0.15) is 8.42 Å². The topological polar surface area (TPSA) is 75.6 Å². The highest BCUT2D eigenvalue weighted by Gasteiger charge is 2.08. The molecule has 2 N–H and O–H groups in total. The lowest BCUT2D eigenvalue weighted by molar-refractivity contribution is 0.175. The minimum atomic E-state index is -3.50. The number of benzene rings is 2. The van der Waals surface area contributed by atoms with Gasteiger partial charge in [0.1, 0.15) is 5.75 Å². The first-order chi connectivity index (χ1) is 10.9. The Bertz CT molecular complexity index is 615. The van der Waals surface area contributed by atoms with Crippen LogP contribution >= 0.6 is 0 Å². The lowest BCUT2D eigenvalue weighted by Crippen LogP contribution is -2.20. The molecule has 126 valence electrons. The molecule has 0 heterocycles. The van der Waals surface area contributed by atoms with Crippen molar-refractivity contribution in [1.29, 1.82) is 0 Å². The second-order valence-electron chi connectivity index (χ2n) is 4.83. The predicted molar refractivity (Wildman–Crippen MR) is 91.9 cm³/mol. The van der Waals surface area contributed by atoms with E-state index in [0.29, 0.717) is 12.1 Å². The van der Waals surface area contributed by atoms with Gasteiger partial charge in [0, 0.05) is 6.54 Å². The second kappa shape index (κ2) is 9.99. The molecule has 0 unspecified atom stereocenters. The van der Waals surface area contributed by atoms with E-state index in [9.17, 15) is 13.5 Å². The van der Waals surface area contributed by atoms with Crippen molar-refractivity contribution >= 4 is 10.1 Å². The maximum Gasteiger partial charge on any atom is 0.306 e. The minimum Gasteiger partial charge on any atom is -0.387 e. The molecule has 1 atom stereocenters. The molecular weight excluding hydrogens is 314 g/mol. The molecule has 0 bridgehead atoms. The first kappa shape index (κ1) is 19.2. The smallest absolute Gasteiger partial charge is 0.306 e. The predicted octanol–water partition coefficient (Wildman–Crippen LogP) is 2.35. The van der Waals surface area contributed by atoms with Crippen LogP contribution in [0.4, 0.5) is 0 Å². The minimum absolute atomic E-state index is 0.243. The van der Waals surface area contributed by atoms with Gasteiger partial charge in [-0.05, 0) is 24.2 Å². The molecular formula is C17H23NO4S. The third-order valence-electron chi connectivity index (χ3n) is 2.77. The fourth-order valence-corrected chi connectivity index (χ4v) is 2.16. The van der Waals surface area contributed by atoms with Gasteiger partial charge in [0.05, 0.1) is 12.4 Å². The van der Waals surface area contributed by atoms with E-state index in [1.54, 1.807) is 12.1 Å². The molecule has 6 heteroatoms. The summed E-state index contributed by atoms with van der Waals surface area (Å²) in [5, 5.41) is 12.8. The fourth-order valence-electron chi connectivity index (χ4n) is 1.70. The number of nitrogens with one attached hydrogen (secondary N) is 1. The summed E-state index contributed by atoms with van der Waals surface area (Å²) in [7, 11) is -3.50. The Hall–Kier alpha value is -1.89. The lowest BCUT2D eigenvalue weighted by Gasteiger charge is -2.11. The Kier molecular flexibility index (Phi) is 8.32. The molecule has 0 fully saturated rings. The molecule has 2 aromatic carbocycles. The molecule has 23 heavy (non-hydrogen) atoms. The second-order valence-corrected chi connectivity index (χ2v) is 6.41. The van der Waals surface area contributed by atoms with Crippen LogP contribution < -0.4 is 9.50 Å². The van der Waals surface area contributed by atoms with Gasteiger partial charge in [0.15, 0.2) is 0 Å². The highest BCUT2D eigenvalue weighted by atomic mass is 32.2. The van der Waals surface area contributed by atoms with Crippen molar-refractivity contribution in [2.24, 2.45) is 0 Å². The summed E-state index contributed by atoms with van der Waals surface area (Å²) < 4.78 is 26.5. The zero-order valence-electron chi connectivity index (χ0n) is 13.3. The Labute approximate surface area is 138 Å². The molecule has 0 aliphatic carbocycles. The van der Waals surface area contributed by atoms with Crippen LogP contribution in [0.5, 0.6) is 5.75 Å². The maximum atomic E-state index is 10.9. The first-order valence-electron chi connectivity index (χ1n) is 7.30. The van der Waals surface area contributed by atoms with Gasteiger partial charge >= 0.3 is 10.1 Å². The standard InChI is InChI=1S/C11H17NO4S.C6H6/c1-3-12-8-11(13)9-4-6-10(7-5-9)16-17(2,14)15;1-2-4-6-5-3-1/h4-7,11-13H,3,8H2,1-2H3;1-6H/t11-;/m1./s1. The summed E-state index contributed by atoms with van der Waals surface area (Å²) in [5.41, 5.74) is 0.715. The van der Waals surface area contributed by atoms with Crippen molar-refractivity contribution in [3.05, 3.63) is 66.2 Å². The summed E-state index contributed by atoms with van der Waals surface area (Å²) in [6, 6.07) is 18.3. The number of aliphatic hydroxyl groups excluding tert-OH is 1. The Balaban J connectivity index is 0.000000366. The van der Waals surface area contributed by atoms with E-state index < -0.39 is 16.2 Å². The largest absolute Gasteiger partial charge is 0.387 e. The van der Waals surface area contributed by atoms with Crippen LogP contribution in [0, 0.1) is 0 Å². The monoisotopic (exact) mass is 337 g/mol. The van der Waals surface area contributed by atoms with Crippen LogP contribution in [0.1, 0.15) is 18.6 Å². The number of rotatable bonds is 6. The van der Waals surface area contributed by atoms with E-state index in [1.807, 2.05) is 43.3 Å². The van der Waals surface area contributed by atoms with E-state index >= 15 is 0 Å². The lowest BCUT2D eigenvalue weighted by atomic mass is 10.1. The van der Waals surface area contributed by atoms with Crippen molar-refractivity contribution in [2.45, 2.75) is 13.0 Å². The molecule has 2 aromatic rings. The van der Waals surface area contributed by atoms with Gasteiger partial charge in [-0.1, -0.05) is 55.5 Å². The van der Waals surface area contributed by atoms with E-state index in [2.05, 4.69) is 5.32 Å². The zero-order valence-corrected chi connectivity index (χ0v) is 14.2. The normalized spacial score (nSPS) is 12.0. The summed E-state index contributed by atoms with van der Waals surface area (Å²) in [6.45, 7) is 3.20. The molecule has 0 aromatic heterocycles. The van der Waals surface area contributed by atoms with Crippen molar-refractivity contribution in [3.8, 4) is 5.75 Å². The molecule has 0 spiro atoms. The van der Waals surface area contributed by atoms with Crippen LogP contribution in [-0.2, 0) is 10.1 Å². The molecule has 0 saturated heterocycles. The van der Waals surface area contributed by atoms with E-state index in [0.717, 1.165) is 12.8 Å². The SMILES string of the molecule is CCNC[C@@H](O)c1ccc(OS(C)(=O)=O)cc1.c1ccccc1. The number of hydrogen-bond donors (Lipinski definition) is 2. The Morgan fingerprint density at radius 1 is 1.04 bits per heavy atom. The number of aliphatic hydroxyl groups is 1. The van der Waals surface area contributed by atoms with Gasteiger partial charge in [-0.25, -0.2) is 0 Å². The van der Waals surface area contributed by atoms with Gasteiger partial charge in [-0.15, -0.1) is 0 Å². The highest BCUT2D eigenvalue weighted by Crippen LogP contribution is 2.18. The summed E-state index contributed by atoms with van der Waals surface area (Å²) >= 11 is 0. The van der Waals surface area contributed by atoms with Gasteiger partial charge in [0.2, 0.25) is 0 Å². The summed E-state index contributed by atoms with van der Waals surface area (Å²) in [6.07, 6.45) is 0.378. The van der Waals surface area contributed by atoms with E-state index in [4.69, 9.17) is 4.18 Å². The van der Waals surface area contributed by atoms with Gasteiger partial charge in [0.25, 0.3) is 0 Å². The average molecular weight is 337 g/mol. The Morgan fingerprint density at radius 3 is 1.91 bits per heavy atom. The van der Waals surface area contributed by atoms with Crippen molar-refractivity contribution in [3.63, 3.8) is 0 Å². The van der Waals surface area contributed by atoms with Crippen molar-refractivity contribution in [1.82, 2.24) is 5.32 Å². The first-order valence-corrected chi connectivity index (χ1v) is 9.12. The van der Waals surface area contributed by atoms with Crippen LogP contribution in [0.15, 0.2) is 60.7 Å². The summed E-state index contributed by atoms with van der Waals surface area (Å²) in [5.74, 6) is 0.243. The van der Waals surface area contributed by atoms with Gasteiger partial charge < -0.3 is 14.6 Å². The molecule has 0 saturated carbocycles. The van der Waals surface area contributed by atoms with Crippen molar-refractivity contribution < 1.29 is 17.7 Å². The molecule has 0 amide bonds.